The quantitative estimate of drug-likeness (QED) is 0.750. The predicted octanol–water partition coefficient (Wildman–Crippen LogP) is 4.53. The van der Waals surface area contributed by atoms with Crippen LogP contribution in [0.3, 0.4) is 0 Å². The second kappa shape index (κ2) is 5.66. The molecule has 1 aromatic carbocycles. The number of oxazole rings is 1. The number of halogens is 1. The third-order valence-electron chi connectivity index (χ3n) is 3.33. The van der Waals surface area contributed by atoms with Gasteiger partial charge in [-0.3, -0.25) is 9.78 Å². The van der Waals surface area contributed by atoms with E-state index in [1.165, 1.54) is 0 Å². The minimum atomic E-state index is -0.483. The number of hydrogen-bond donors (Lipinski definition) is 1. The van der Waals surface area contributed by atoms with Crippen molar-refractivity contribution in [1.82, 2.24) is 9.97 Å². The van der Waals surface area contributed by atoms with E-state index in [-0.39, 0.29) is 5.91 Å². The van der Waals surface area contributed by atoms with Gasteiger partial charge in [-0.05, 0) is 18.2 Å². The van der Waals surface area contributed by atoms with Gasteiger partial charge in [0.25, 0.3) is 0 Å². The Bertz CT molecular complexity index is 848. The van der Waals surface area contributed by atoms with Gasteiger partial charge in [0.15, 0.2) is 5.58 Å². The number of hydrogen-bond acceptors (Lipinski definition) is 4. The Balaban J connectivity index is 1.99. The zero-order valence-electron chi connectivity index (χ0n) is 13.1. The van der Waals surface area contributed by atoms with Crippen molar-refractivity contribution < 1.29 is 9.21 Å². The van der Waals surface area contributed by atoms with Gasteiger partial charge in [0.05, 0.1) is 16.8 Å². The minimum Gasteiger partial charge on any atom is -0.436 e. The average molecular weight is 330 g/mol. The topological polar surface area (TPSA) is 68.0 Å². The lowest BCUT2D eigenvalue weighted by Gasteiger charge is -2.18. The van der Waals surface area contributed by atoms with Crippen molar-refractivity contribution >= 4 is 34.3 Å². The summed E-state index contributed by atoms with van der Waals surface area (Å²) in [4.78, 5) is 20.5. The summed E-state index contributed by atoms with van der Waals surface area (Å²) in [5, 5.41) is 3.37. The Morgan fingerprint density at radius 2 is 2.04 bits per heavy atom. The number of anilines is 1. The van der Waals surface area contributed by atoms with Gasteiger partial charge in [-0.25, -0.2) is 4.98 Å². The van der Waals surface area contributed by atoms with Crippen LogP contribution in [-0.4, -0.2) is 15.9 Å². The Morgan fingerprint density at radius 3 is 2.74 bits per heavy atom. The average Bonchev–Trinajstić information content (AvgIpc) is 2.91. The third kappa shape index (κ3) is 3.19. The maximum absolute atomic E-state index is 12.1. The molecule has 0 aliphatic carbocycles. The fourth-order valence-corrected chi connectivity index (χ4v) is 2.18. The van der Waals surface area contributed by atoms with Crippen LogP contribution in [0, 0.1) is 5.41 Å². The van der Waals surface area contributed by atoms with Gasteiger partial charge in [-0.1, -0.05) is 32.4 Å². The highest BCUT2D eigenvalue weighted by atomic mass is 35.5. The van der Waals surface area contributed by atoms with Crippen molar-refractivity contribution in [1.29, 1.82) is 0 Å². The van der Waals surface area contributed by atoms with Gasteiger partial charge in [0.1, 0.15) is 5.52 Å². The van der Waals surface area contributed by atoms with Gasteiger partial charge in [0.2, 0.25) is 11.8 Å². The van der Waals surface area contributed by atoms with E-state index in [0.29, 0.717) is 33.3 Å². The Kier molecular flexibility index (Phi) is 3.82. The number of nitrogens with one attached hydrogen (secondary N) is 1. The standard InChI is InChI=1S/C17H16ClN3O2/c1-17(2,3)16(22)20-10-4-5-12(18)11(8-10)15-21-13-9-19-7-6-14(13)23-15/h4-9H,1-3H3,(H,20,22). The van der Waals surface area contributed by atoms with Crippen molar-refractivity contribution in [3.05, 3.63) is 41.7 Å². The maximum atomic E-state index is 12.1. The molecule has 6 heteroatoms. The summed E-state index contributed by atoms with van der Waals surface area (Å²) < 4.78 is 5.71. The third-order valence-corrected chi connectivity index (χ3v) is 3.66. The van der Waals surface area contributed by atoms with Crippen LogP contribution in [-0.2, 0) is 4.79 Å². The molecule has 0 spiro atoms. The summed E-state index contributed by atoms with van der Waals surface area (Å²) in [6.45, 7) is 5.56. The number of carbonyl (C=O) groups excluding carboxylic acids is 1. The highest BCUT2D eigenvalue weighted by Gasteiger charge is 2.22. The number of amides is 1. The fourth-order valence-electron chi connectivity index (χ4n) is 1.98. The first-order valence-electron chi connectivity index (χ1n) is 7.16. The first kappa shape index (κ1) is 15.5. The SMILES string of the molecule is CC(C)(C)C(=O)Nc1ccc(Cl)c(-c2nc3cnccc3o2)c1. The van der Waals surface area contributed by atoms with Crippen LogP contribution >= 0.6 is 11.6 Å². The highest BCUT2D eigenvalue weighted by molar-refractivity contribution is 6.33. The molecule has 2 heterocycles. The number of benzene rings is 1. The zero-order valence-corrected chi connectivity index (χ0v) is 13.8. The maximum Gasteiger partial charge on any atom is 0.229 e. The van der Waals surface area contributed by atoms with Crippen LogP contribution in [0.1, 0.15) is 20.8 Å². The molecule has 0 radical (unpaired) electrons. The molecule has 23 heavy (non-hydrogen) atoms. The van der Waals surface area contributed by atoms with Crippen LogP contribution < -0.4 is 5.32 Å². The van der Waals surface area contributed by atoms with Gasteiger partial charge in [0, 0.05) is 23.4 Å². The molecule has 0 unspecified atom stereocenters. The lowest BCUT2D eigenvalue weighted by molar-refractivity contribution is -0.123. The van der Waals surface area contributed by atoms with E-state index in [4.69, 9.17) is 16.0 Å². The van der Waals surface area contributed by atoms with Gasteiger partial charge < -0.3 is 9.73 Å². The Morgan fingerprint density at radius 1 is 1.26 bits per heavy atom. The highest BCUT2D eigenvalue weighted by Crippen LogP contribution is 2.32. The smallest absolute Gasteiger partial charge is 0.229 e. The van der Waals surface area contributed by atoms with E-state index in [1.54, 1.807) is 36.7 Å². The second-order valence-electron chi connectivity index (χ2n) is 6.26. The number of fused-ring (bicyclic) bond motifs is 1. The molecule has 0 aliphatic heterocycles. The molecular weight excluding hydrogens is 314 g/mol. The summed E-state index contributed by atoms with van der Waals surface area (Å²) in [5.41, 5.74) is 2.07. The van der Waals surface area contributed by atoms with Crippen molar-refractivity contribution in [2.75, 3.05) is 5.32 Å². The molecule has 0 atom stereocenters. The van der Waals surface area contributed by atoms with Crippen LogP contribution in [0.15, 0.2) is 41.1 Å². The first-order valence-corrected chi connectivity index (χ1v) is 7.54. The minimum absolute atomic E-state index is 0.0764. The van der Waals surface area contributed by atoms with E-state index in [2.05, 4.69) is 15.3 Å². The van der Waals surface area contributed by atoms with E-state index < -0.39 is 5.41 Å². The molecule has 0 aliphatic rings. The molecule has 0 saturated carbocycles. The van der Waals surface area contributed by atoms with E-state index in [9.17, 15) is 4.79 Å². The Labute approximate surface area is 138 Å². The first-order chi connectivity index (χ1) is 10.8. The van der Waals surface area contributed by atoms with Crippen LogP contribution in [0.25, 0.3) is 22.6 Å². The summed E-state index contributed by atoms with van der Waals surface area (Å²) in [6, 6.07) is 6.96. The largest absolute Gasteiger partial charge is 0.436 e. The lowest BCUT2D eigenvalue weighted by Crippen LogP contribution is -2.27. The van der Waals surface area contributed by atoms with Gasteiger partial charge in [-0.2, -0.15) is 0 Å². The van der Waals surface area contributed by atoms with Crippen LogP contribution in [0.2, 0.25) is 5.02 Å². The van der Waals surface area contributed by atoms with Crippen molar-refractivity contribution in [3.63, 3.8) is 0 Å². The molecule has 0 fully saturated rings. The molecule has 0 saturated heterocycles. The van der Waals surface area contributed by atoms with E-state index in [1.807, 2.05) is 20.8 Å². The summed E-state index contributed by atoms with van der Waals surface area (Å²) >= 11 is 6.26. The van der Waals surface area contributed by atoms with E-state index in [0.717, 1.165) is 0 Å². The molecule has 0 bridgehead atoms. The number of carbonyl (C=O) groups is 1. The number of rotatable bonds is 2. The van der Waals surface area contributed by atoms with E-state index >= 15 is 0 Å². The zero-order chi connectivity index (χ0) is 16.6. The number of pyridine rings is 1. The molecule has 3 rings (SSSR count). The monoisotopic (exact) mass is 329 g/mol. The second-order valence-corrected chi connectivity index (χ2v) is 6.67. The van der Waals surface area contributed by atoms with Crippen molar-refractivity contribution in [3.8, 4) is 11.5 Å². The molecule has 1 N–H and O–H groups in total. The molecule has 1 amide bonds. The van der Waals surface area contributed by atoms with Crippen LogP contribution in [0.4, 0.5) is 5.69 Å². The predicted molar refractivity (Wildman–Crippen MR) is 90.3 cm³/mol. The molecule has 2 aromatic heterocycles. The normalized spacial score (nSPS) is 11.7. The molecular formula is C17H16ClN3O2. The van der Waals surface area contributed by atoms with Gasteiger partial charge >= 0.3 is 0 Å². The van der Waals surface area contributed by atoms with Crippen molar-refractivity contribution in [2.24, 2.45) is 5.41 Å². The number of aromatic nitrogens is 2. The molecule has 3 aromatic rings. The lowest BCUT2D eigenvalue weighted by atomic mass is 9.95. The Hall–Kier alpha value is -2.40. The summed E-state index contributed by atoms with van der Waals surface area (Å²) in [6.07, 6.45) is 3.26. The van der Waals surface area contributed by atoms with Gasteiger partial charge in [-0.15, -0.1) is 0 Å². The fraction of sp³-hybridized carbons (Fsp3) is 0.235. The molecule has 118 valence electrons. The summed E-state index contributed by atoms with van der Waals surface area (Å²) in [7, 11) is 0. The number of nitrogens with zero attached hydrogens (tertiary/aromatic N) is 2. The van der Waals surface area contributed by atoms with Crippen LogP contribution in [0.5, 0.6) is 0 Å². The van der Waals surface area contributed by atoms with Crippen molar-refractivity contribution in [2.45, 2.75) is 20.8 Å². The molecule has 5 nitrogen and oxygen atoms in total. The summed E-state index contributed by atoms with van der Waals surface area (Å²) in [5.74, 6) is 0.317.